The Kier molecular flexibility index (Phi) is 7.42. The molecule has 0 atom stereocenters. The largest absolute Gasteiger partial charge is 0.494 e. The molecule has 8 nitrogen and oxygen atoms in total. The van der Waals surface area contributed by atoms with Crippen LogP contribution in [0.5, 0.6) is 5.75 Å². The van der Waals surface area contributed by atoms with Crippen molar-refractivity contribution in [3.8, 4) is 5.75 Å². The van der Waals surface area contributed by atoms with Gasteiger partial charge in [-0.15, -0.1) is 0 Å². The molecule has 144 valence electrons. The second kappa shape index (κ2) is 9.77. The standard InChI is InChI=1S/C18H21N3O5S/c1-4-25-13-8-6-12(7-9-13)20-14(22)10-27-16-15(17(23)26-5-2)11(3)19-18(24)21-16/h6-9H,4-5,10H2,1-3H3,(H,20,22)(H,19,21,24). The lowest BCUT2D eigenvalue weighted by atomic mass is 10.2. The van der Waals surface area contributed by atoms with Crippen molar-refractivity contribution in [1.82, 2.24) is 9.97 Å². The van der Waals surface area contributed by atoms with Crippen LogP contribution in [-0.4, -0.2) is 40.8 Å². The topological polar surface area (TPSA) is 110 Å². The Hall–Kier alpha value is -2.81. The molecule has 27 heavy (non-hydrogen) atoms. The average Bonchev–Trinajstić information content (AvgIpc) is 2.61. The number of aromatic amines is 1. The number of H-pyrrole nitrogens is 1. The van der Waals surface area contributed by atoms with E-state index in [0.717, 1.165) is 11.8 Å². The van der Waals surface area contributed by atoms with E-state index < -0.39 is 11.7 Å². The Morgan fingerprint density at radius 3 is 2.52 bits per heavy atom. The molecule has 1 amide bonds. The molecule has 2 N–H and O–H groups in total. The van der Waals surface area contributed by atoms with Crippen molar-refractivity contribution in [3.63, 3.8) is 0 Å². The van der Waals surface area contributed by atoms with E-state index in [1.165, 1.54) is 0 Å². The van der Waals surface area contributed by atoms with Gasteiger partial charge in [0, 0.05) is 11.4 Å². The minimum atomic E-state index is -0.590. The van der Waals surface area contributed by atoms with Gasteiger partial charge in [0.15, 0.2) is 0 Å². The highest BCUT2D eigenvalue weighted by Crippen LogP contribution is 2.22. The quantitative estimate of drug-likeness (QED) is 0.404. The maximum absolute atomic E-state index is 12.2. The number of benzene rings is 1. The average molecular weight is 391 g/mol. The van der Waals surface area contributed by atoms with Crippen LogP contribution < -0.4 is 15.7 Å². The van der Waals surface area contributed by atoms with Crippen LogP contribution in [0.4, 0.5) is 5.69 Å². The minimum Gasteiger partial charge on any atom is -0.494 e. The van der Waals surface area contributed by atoms with Crippen LogP contribution in [0.3, 0.4) is 0 Å². The summed E-state index contributed by atoms with van der Waals surface area (Å²) < 4.78 is 10.3. The molecular formula is C18H21N3O5S. The summed E-state index contributed by atoms with van der Waals surface area (Å²) in [4.78, 5) is 42.2. The normalized spacial score (nSPS) is 10.3. The first-order valence-corrected chi connectivity index (χ1v) is 9.36. The number of nitrogens with zero attached hydrogens (tertiary/aromatic N) is 1. The third kappa shape index (κ3) is 5.85. The number of aromatic nitrogens is 2. The zero-order chi connectivity index (χ0) is 19.8. The second-order valence-electron chi connectivity index (χ2n) is 5.36. The summed E-state index contributed by atoms with van der Waals surface area (Å²) in [5.74, 6) is -0.186. The van der Waals surface area contributed by atoms with E-state index in [0.29, 0.717) is 23.7 Å². The molecule has 1 aromatic heterocycles. The van der Waals surface area contributed by atoms with Gasteiger partial charge in [0.2, 0.25) is 5.91 Å². The monoisotopic (exact) mass is 391 g/mol. The molecule has 0 unspecified atom stereocenters. The molecule has 0 saturated heterocycles. The van der Waals surface area contributed by atoms with Gasteiger partial charge in [-0.05, 0) is 45.0 Å². The summed E-state index contributed by atoms with van der Waals surface area (Å²) in [6.45, 7) is 5.91. The van der Waals surface area contributed by atoms with E-state index in [1.807, 2.05) is 6.92 Å². The number of nitrogens with one attached hydrogen (secondary N) is 2. The summed E-state index contributed by atoms with van der Waals surface area (Å²) >= 11 is 1.000. The van der Waals surface area contributed by atoms with Gasteiger partial charge >= 0.3 is 11.7 Å². The summed E-state index contributed by atoms with van der Waals surface area (Å²) in [5.41, 5.74) is 0.540. The first-order chi connectivity index (χ1) is 12.9. The Morgan fingerprint density at radius 1 is 1.19 bits per heavy atom. The van der Waals surface area contributed by atoms with Crippen LogP contribution in [0.2, 0.25) is 0 Å². The van der Waals surface area contributed by atoms with Crippen LogP contribution in [0, 0.1) is 6.92 Å². The van der Waals surface area contributed by atoms with Crippen molar-refractivity contribution in [1.29, 1.82) is 0 Å². The Morgan fingerprint density at radius 2 is 1.89 bits per heavy atom. The fraction of sp³-hybridized carbons (Fsp3) is 0.333. The Labute approximate surface area is 160 Å². The van der Waals surface area contributed by atoms with Gasteiger partial charge in [-0.3, -0.25) is 4.79 Å². The highest BCUT2D eigenvalue weighted by molar-refractivity contribution is 8.00. The third-order valence-electron chi connectivity index (χ3n) is 3.36. The van der Waals surface area contributed by atoms with Crippen molar-refractivity contribution in [3.05, 3.63) is 46.0 Å². The lowest BCUT2D eigenvalue weighted by molar-refractivity contribution is -0.113. The number of amides is 1. The maximum atomic E-state index is 12.2. The van der Waals surface area contributed by atoms with Gasteiger partial charge < -0.3 is 19.8 Å². The number of rotatable bonds is 8. The van der Waals surface area contributed by atoms with Gasteiger partial charge in [0.05, 0.1) is 19.0 Å². The predicted molar refractivity (Wildman–Crippen MR) is 103 cm³/mol. The number of carbonyl (C=O) groups is 2. The van der Waals surface area contributed by atoms with E-state index in [9.17, 15) is 14.4 Å². The van der Waals surface area contributed by atoms with Crippen molar-refractivity contribution in [2.75, 3.05) is 24.3 Å². The van der Waals surface area contributed by atoms with Crippen LogP contribution in [0.15, 0.2) is 34.1 Å². The molecule has 0 aliphatic carbocycles. The van der Waals surface area contributed by atoms with Gasteiger partial charge in [-0.1, -0.05) is 11.8 Å². The smallest absolute Gasteiger partial charge is 0.346 e. The predicted octanol–water partition coefficient (Wildman–Crippen LogP) is 2.38. The van der Waals surface area contributed by atoms with E-state index in [4.69, 9.17) is 9.47 Å². The first-order valence-electron chi connectivity index (χ1n) is 8.38. The minimum absolute atomic E-state index is 0.0183. The number of anilines is 1. The van der Waals surface area contributed by atoms with E-state index in [-0.39, 0.29) is 28.9 Å². The van der Waals surface area contributed by atoms with Crippen molar-refractivity contribution >= 4 is 29.3 Å². The molecule has 9 heteroatoms. The van der Waals surface area contributed by atoms with Crippen molar-refractivity contribution in [2.24, 2.45) is 0 Å². The van der Waals surface area contributed by atoms with Crippen LogP contribution in [0.1, 0.15) is 29.9 Å². The second-order valence-corrected chi connectivity index (χ2v) is 6.33. The van der Waals surface area contributed by atoms with E-state index in [1.54, 1.807) is 38.1 Å². The molecular weight excluding hydrogens is 370 g/mol. The van der Waals surface area contributed by atoms with Crippen molar-refractivity contribution in [2.45, 2.75) is 25.8 Å². The van der Waals surface area contributed by atoms with E-state index >= 15 is 0 Å². The zero-order valence-corrected chi connectivity index (χ0v) is 16.1. The molecule has 0 aliphatic rings. The summed E-state index contributed by atoms with van der Waals surface area (Å²) in [6, 6.07) is 6.97. The van der Waals surface area contributed by atoms with Crippen LogP contribution in [0.25, 0.3) is 0 Å². The number of carbonyl (C=O) groups excluding carboxylic acids is 2. The van der Waals surface area contributed by atoms with Gasteiger partial charge in [-0.2, -0.15) is 4.98 Å². The molecule has 0 spiro atoms. The molecule has 1 aromatic carbocycles. The lowest BCUT2D eigenvalue weighted by Gasteiger charge is -2.10. The molecule has 2 rings (SSSR count). The van der Waals surface area contributed by atoms with Crippen LogP contribution >= 0.6 is 11.8 Å². The number of thioether (sulfide) groups is 1. The molecule has 1 heterocycles. The fourth-order valence-corrected chi connectivity index (χ4v) is 3.11. The van der Waals surface area contributed by atoms with E-state index in [2.05, 4.69) is 15.3 Å². The molecule has 0 saturated carbocycles. The van der Waals surface area contributed by atoms with Gasteiger partial charge in [0.1, 0.15) is 16.3 Å². The summed E-state index contributed by atoms with van der Waals surface area (Å²) in [7, 11) is 0. The first kappa shape index (κ1) is 20.5. The summed E-state index contributed by atoms with van der Waals surface area (Å²) in [6.07, 6.45) is 0. The third-order valence-corrected chi connectivity index (χ3v) is 4.33. The molecule has 0 bridgehead atoms. The van der Waals surface area contributed by atoms with Crippen molar-refractivity contribution < 1.29 is 19.1 Å². The molecule has 0 fully saturated rings. The summed E-state index contributed by atoms with van der Waals surface area (Å²) in [5, 5.41) is 2.90. The number of hydrogen-bond donors (Lipinski definition) is 2. The maximum Gasteiger partial charge on any atom is 0.346 e. The number of hydrogen-bond acceptors (Lipinski definition) is 7. The Bertz CT molecular complexity index is 864. The van der Waals surface area contributed by atoms with Crippen LogP contribution in [-0.2, 0) is 9.53 Å². The lowest BCUT2D eigenvalue weighted by Crippen LogP contribution is -2.21. The Balaban J connectivity index is 2.06. The molecule has 2 aromatic rings. The van der Waals surface area contributed by atoms with Gasteiger partial charge in [0.25, 0.3) is 0 Å². The molecule has 0 radical (unpaired) electrons. The number of aryl methyl sites for hydroxylation is 1. The fourth-order valence-electron chi connectivity index (χ4n) is 2.24. The number of esters is 1. The molecule has 0 aliphatic heterocycles. The van der Waals surface area contributed by atoms with Gasteiger partial charge in [-0.25, -0.2) is 9.59 Å². The zero-order valence-electron chi connectivity index (χ0n) is 15.3. The highest BCUT2D eigenvalue weighted by atomic mass is 32.2. The SMILES string of the molecule is CCOC(=O)c1c(SCC(=O)Nc2ccc(OCC)cc2)nc(=O)[nH]c1C. The number of ether oxygens (including phenoxy) is 2. The highest BCUT2D eigenvalue weighted by Gasteiger charge is 2.20.